The lowest BCUT2D eigenvalue weighted by Gasteiger charge is -2.10. The zero-order valence-corrected chi connectivity index (χ0v) is 7.92. The van der Waals surface area contributed by atoms with E-state index in [1.165, 1.54) is 0 Å². The van der Waals surface area contributed by atoms with Crippen molar-refractivity contribution in [2.45, 2.75) is 33.3 Å². The lowest BCUT2D eigenvalue weighted by Crippen LogP contribution is -2.13. The first-order chi connectivity index (χ1) is 5.57. The number of esters is 1. The Balaban J connectivity index is 3.70. The van der Waals surface area contributed by atoms with Gasteiger partial charge < -0.3 is 9.47 Å². The highest BCUT2D eigenvalue weighted by molar-refractivity contribution is 5.85. The lowest BCUT2D eigenvalue weighted by atomic mass is 10.4. The highest BCUT2D eigenvalue weighted by Gasteiger charge is 2.10. The normalized spacial score (nSPS) is 9.67. The number of ether oxygens (including phenoxy) is 2. The molecular formula is C9H16O3. The van der Waals surface area contributed by atoms with Crippen LogP contribution in [0.4, 0.5) is 0 Å². The maximum absolute atomic E-state index is 11.0. The number of rotatable bonds is 5. The van der Waals surface area contributed by atoms with Crippen LogP contribution in [0.5, 0.6) is 0 Å². The maximum atomic E-state index is 11.0. The van der Waals surface area contributed by atoms with Crippen molar-refractivity contribution in [2.75, 3.05) is 6.61 Å². The quantitative estimate of drug-likeness (QED) is 0.361. The minimum atomic E-state index is -0.467. The van der Waals surface area contributed by atoms with E-state index in [9.17, 15) is 4.79 Å². The third-order valence-corrected chi connectivity index (χ3v) is 1.04. The molecule has 0 amide bonds. The smallest absolute Gasteiger partial charge is 0.372 e. The molecule has 0 aliphatic heterocycles. The Morgan fingerprint density at radius 1 is 1.50 bits per heavy atom. The van der Waals surface area contributed by atoms with Crippen molar-refractivity contribution >= 4 is 5.97 Å². The fraction of sp³-hybridized carbons (Fsp3) is 0.667. The largest absolute Gasteiger partial charge is 0.484 e. The molecule has 0 heterocycles. The molecule has 0 N–H and O–H groups in total. The standard InChI is InChI=1S/C9H16O3/c1-5-6-11-9(10)8(4)12-7(2)3/h7H,4-6H2,1-3H3. The Kier molecular flexibility index (Phi) is 5.17. The number of carbonyl (C=O) groups excluding carboxylic acids is 1. The lowest BCUT2D eigenvalue weighted by molar-refractivity contribution is -0.143. The van der Waals surface area contributed by atoms with E-state index < -0.39 is 5.97 Å². The summed E-state index contributed by atoms with van der Waals surface area (Å²) in [6.07, 6.45) is 0.771. The van der Waals surface area contributed by atoms with Crippen LogP contribution >= 0.6 is 0 Å². The van der Waals surface area contributed by atoms with Gasteiger partial charge in [0.25, 0.3) is 0 Å². The summed E-state index contributed by atoms with van der Waals surface area (Å²) in [5.74, 6) is -0.385. The molecule has 3 nitrogen and oxygen atoms in total. The number of hydrogen-bond acceptors (Lipinski definition) is 3. The topological polar surface area (TPSA) is 35.5 Å². The summed E-state index contributed by atoms with van der Waals surface area (Å²) in [4.78, 5) is 11.0. The summed E-state index contributed by atoms with van der Waals surface area (Å²) in [6.45, 7) is 9.46. The fourth-order valence-corrected chi connectivity index (χ4v) is 0.608. The summed E-state index contributed by atoms with van der Waals surface area (Å²) in [6, 6.07) is 0. The van der Waals surface area contributed by atoms with E-state index in [0.717, 1.165) is 6.42 Å². The van der Waals surface area contributed by atoms with Crippen molar-refractivity contribution < 1.29 is 14.3 Å². The van der Waals surface area contributed by atoms with Gasteiger partial charge >= 0.3 is 5.97 Å². The van der Waals surface area contributed by atoms with Gasteiger partial charge in [-0.15, -0.1) is 0 Å². The van der Waals surface area contributed by atoms with E-state index >= 15 is 0 Å². The Morgan fingerprint density at radius 2 is 2.08 bits per heavy atom. The summed E-state index contributed by atoms with van der Waals surface area (Å²) in [5.41, 5.74) is 0. The summed E-state index contributed by atoms with van der Waals surface area (Å²) < 4.78 is 9.83. The second-order valence-corrected chi connectivity index (χ2v) is 2.73. The molecule has 3 heteroatoms. The Labute approximate surface area is 73.4 Å². The molecule has 0 spiro atoms. The summed E-state index contributed by atoms with van der Waals surface area (Å²) in [5, 5.41) is 0. The van der Waals surface area contributed by atoms with Gasteiger partial charge in [0, 0.05) is 0 Å². The molecular weight excluding hydrogens is 156 g/mol. The molecule has 0 rings (SSSR count). The zero-order valence-electron chi connectivity index (χ0n) is 7.92. The van der Waals surface area contributed by atoms with E-state index in [2.05, 4.69) is 6.58 Å². The van der Waals surface area contributed by atoms with Crippen LogP contribution < -0.4 is 0 Å². The van der Waals surface area contributed by atoms with Crippen molar-refractivity contribution in [3.05, 3.63) is 12.3 Å². The predicted molar refractivity (Wildman–Crippen MR) is 46.6 cm³/mol. The van der Waals surface area contributed by atoms with Crippen LogP contribution in [0, 0.1) is 0 Å². The molecule has 0 aliphatic carbocycles. The number of hydrogen-bond donors (Lipinski definition) is 0. The van der Waals surface area contributed by atoms with Crippen LogP contribution in [0.3, 0.4) is 0 Å². The third-order valence-electron chi connectivity index (χ3n) is 1.04. The zero-order chi connectivity index (χ0) is 9.56. The highest BCUT2D eigenvalue weighted by Crippen LogP contribution is 2.01. The second kappa shape index (κ2) is 5.63. The monoisotopic (exact) mass is 172 g/mol. The van der Waals surface area contributed by atoms with Crippen LogP contribution in [-0.2, 0) is 14.3 Å². The molecule has 0 fully saturated rings. The van der Waals surface area contributed by atoms with Gasteiger partial charge in [0.05, 0.1) is 12.7 Å². The third kappa shape index (κ3) is 4.77. The van der Waals surface area contributed by atoms with Crippen LogP contribution in [0.15, 0.2) is 12.3 Å². The first-order valence-corrected chi connectivity index (χ1v) is 4.10. The van der Waals surface area contributed by atoms with Gasteiger partial charge in [-0.2, -0.15) is 0 Å². The minimum Gasteiger partial charge on any atom is -0.484 e. The van der Waals surface area contributed by atoms with Gasteiger partial charge in [0.2, 0.25) is 0 Å². The molecule has 0 aromatic carbocycles. The first kappa shape index (κ1) is 11.0. The molecule has 12 heavy (non-hydrogen) atoms. The van der Waals surface area contributed by atoms with Gasteiger partial charge in [-0.3, -0.25) is 0 Å². The van der Waals surface area contributed by atoms with Gasteiger partial charge in [0.15, 0.2) is 5.76 Å². The maximum Gasteiger partial charge on any atom is 0.372 e. The molecule has 0 unspecified atom stereocenters. The van der Waals surface area contributed by atoms with Crippen molar-refractivity contribution in [1.82, 2.24) is 0 Å². The summed E-state index contributed by atoms with van der Waals surface area (Å²) in [7, 11) is 0. The minimum absolute atomic E-state index is 0.0355. The van der Waals surface area contributed by atoms with E-state index in [0.29, 0.717) is 6.61 Å². The highest BCUT2D eigenvalue weighted by atomic mass is 16.6. The van der Waals surface area contributed by atoms with E-state index in [4.69, 9.17) is 9.47 Å². The van der Waals surface area contributed by atoms with Crippen molar-refractivity contribution in [3.63, 3.8) is 0 Å². The molecule has 0 bridgehead atoms. The van der Waals surface area contributed by atoms with Crippen molar-refractivity contribution in [1.29, 1.82) is 0 Å². The molecule has 0 radical (unpaired) electrons. The SMILES string of the molecule is C=C(OC(C)C)C(=O)OCCC. The van der Waals surface area contributed by atoms with Crippen LogP contribution in [0.2, 0.25) is 0 Å². The van der Waals surface area contributed by atoms with Crippen LogP contribution in [0.25, 0.3) is 0 Å². The second-order valence-electron chi connectivity index (χ2n) is 2.73. The molecule has 70 valence electrons. The average Bonchev–Trinajstić information content (AvgIpc) is 1.98. The number of carbonyl (C=O) groups is 1. The Hall–Kier alpha value is -0.990. The van der Waals surface area contributed by atoms with Crippen molar-refractivity contribution in [2.24, 2.45) is 0 Å². The first-order valence-electron chi connectivity index (χ1n) is 4.10. The molecule has 0 aromatic heterocycles. The molecule has 0 aliphatic rings. The molecule has 0 atom stereocenters. The predicted octanol–water partition coefficient (Wildman–Crippen LogP) is 1.88. The Morgan fingerprint density at radius 3 is 2.50 bits per heavy atom. The Bertz CT molecular complexity index is 161. The van der Waals surface area contributed by atoms with Crippen molar-refractivity contribution in [3.8, 4) is 0 Å². The van der Waals surface area contributed by atoms with Gasteiger partial charge in [-0.25, -0.2) is 4.79 Å². The molecule has 0 saturated carbocycles. The van der Waals surface area contributed by atoms with Gasteiger partial charge in [-0.05, 0) is 26.8 Å². The van der Waals surface area contributed by atoms with E-state index in [1.807, 2.05) is 20.8 Å². The van der Waals surface area contributed by atoms with Gasteiger partial charge in [0.1, 0.15) is 0 Å². The van der Waals surface area contributed by atoms with Crippen LogP contribution in [0.1, 0.15) is 27.2 Å². The average molecular weight is 172 g/mol. The summed E-state index contributed by atoms with van der Waals surface area (Å²) >= 11 is 0. The molecule has 0 saturated heterocycles. The molecule has 0 aromatic rings. The fourth-order valence-electron chi connectivity index (χ4n) is 0.608. The van der Waals surface area contributed by atoms with Gasteiger partial charge in [-0.1, -0.05) is 6.92 Å². The van der Waals surface area contributed by atoms with E-state index in [1.54, 1.807) is 0 Å². The van der Waals surface area contributed by atoms with E-state index in [-0.39, 0.29) is 11.9 Å². The van der Waals surface area contributed by atoms with Crippen LogP contribution in [-0.4, -0.2) is 18.7 Å².